The monoisotopic (exact) mass is 300 g/mol. The number of aromatic nitrogens is 2. The summed E-state index contributed by atoms with van der Waals surface area (Å²) in [5.41, 5.74) is 0. The Kier molecular flexibility index (Phi) is 3.67. The van der Waals surface area contributed by atoms with Crippen molar-refractivity contribution in [1.29, 1.82) is 0 Å². The van der Waals surface area contributed by atoms with Gasteiger partial charge in [0, 0.05) is 19.7 Å². The fourth-order valence-corrected chi connectivity index (χ4v) is 2.78. The molecular weight excluding hydrogens is 281 g/mol. The molecule has 21 heavy (non-hydrogen) atoms. The van der Waals surface area contributed by atoms with E-state index < -0.39 is 12.0 Å². The van der Waals surface area contributed by atoms with Gasteiger partial charge < -0.3 is 10.6 Å². The van der Waals surface area contributed by atoms with Crippen LogP contribution < -0.4 is 10.6 Å². The van der Waals surface area contributed by atoms with E-state index in [1.54, 1.807) is 7.05 Å². The van der Waals surface area contributed by atoms with E-state index >= 15 is 0 Å². The standard InChI is InChI=1S/C14H19F3N4/c1-18-11-6-12(21-13(20-11)14(15,16)17)19-7-10(8-2-3-8)9-4-5-9/h6,8-10H,2-5,7H2,1H3,(H2,18,19,20,21). The highest BCUT2D eigenvalue weighted by atomic mass is 19.4. The molecule has 0 radical (unpaired) electrons. The summed E-state index contributed by atoms with van der Waals surface area (Å²) in [6.45, 7) is 0.701. The Balaban J connectivity index is 1.71. The summed E-state index contributed by atoms with van der Waals surface area (Å²) in [6, 6.07) is 1.52. The van der Waals surface area contributed by atoms with E-state index in [0.29, 0.717) is 12.5 Å². The first-order valence-corrected chi connectivity index (χ1v) is 7.35. The molecule has 0 unspecified atom stereocenters. The quantitative estimate of drug-likeness (QED) is 0.845. The molecule has 0 amide bonds. The highest BCUT2D eigenvalue weighted by Gasteiger charge is 2.41. The van der Waals surface area contributed by atoms with Gasteiger partial charge >= 0.3 is 6.18 Å². The van der Waals surface area contributed by atoms with Crippen molar-refractivity contribution < 1.29 is 13.2 Å². The van der Waals surface area contributed by atoms with Crippen molar-refractivity contribution in [2.24, 2.45) is 17.8 Å². The lowest BCUT2D eigenvalue weighted by atomic mass is 9.98. The minimum absolute atomic E-state index is 0.175. The van der Waals surface area contributed by atoms with Crippen LogP contribution >= 0.6 is 0 Å². The Labute approximate surface area is 121 Å². The molecule has 2 aliphatic rings. The van der Waals surface area contributed by atoms with Crippen LogP contribution in [0.25, 0.3) is 0 Å². The number of alkyl halides is 3. The Bertz CT molecular complexity index is 497. The highest BCUT2D eigenvalue weighted by Crippen LogP contribution is 2.49. The molecule has 0 aromatic carbocycles. The first-order valence-electron chi connectivity index (χ1n) is 7.35. The van der Waals surface area contributed by atoms with Crippen LogP contribution in [-0.4, -0.2) is 23.6 Å². The van der Waals surface area contributed by atoms with Gasteiger partial charge in [0.15, 0.2) is 0 Å². The fourth-order valence-electron chi connectivity index (χ4n) is 2.78. The van der Waals surface area contributed by atoms with E-state index in [-0.39, 0.29) is 11.6 Å². The van der Waals surface area contributed by atoms with Crippen molar-refractivity contribution in [1.82, 2.24) is 9.97 Å². The molecule has 2 N–H and O–H groups in total. The molecule has 1 aromatic rings. The molecule has 2 fully saturated rings. The van der Waals surface area contributed by atoms with E-state index in [0.717, 1.165) is 11.8 Å². The number of hydrogen-bond donors (Lipinski definition) is 2. The number of hydrogen-bond acceptors (Lipinski definition) is 4. The zero-order valence-electron chi connectivity index (χ0n) is 11.9. The van der Waals surface area contributed by atoms with Gasteiger partial charge in [-0.25, -0.2) is 9.97 Å². The van der Waals surface area contributed by atoms with Crippen LogP contribution in [-0.2, 0) is 6.18 Å². The Morgan fingerprint density at radius 1 is 1.14 bits per heavy atom. The van der Waals surface area contributed by atoms with Gasteiger partial charge in [0.1, 0.15) is 11.6 Å². The SMILES string of the molecule is CNc1cc(NCC(C2CC2)C2CC2)nc(C(F)(F)F)n1. The Hall–Kier alpha value is -1.53. The molecule has 0 spiro atoms. The fraction of sp³-hybridized carbons (Fsp3) is 0.714. The van der Waals surface area contributed by atoms with E-state index in [9.17, 15) is 13.2 Å². The van der Waals surface area contributed by atoms with Crippen LogP contribution in [0.1, 0.15) is 31.5 Å². The van der Waals surface area contributed by atoms with Gasteiger partial charge in [0.05, 0.1) is 0 Å². The predicted molar refractivity (Wildman–Crippen MR) is 74.0 cm³/mol. The minimum Gasteiger partial charge on any atom is -0.373 e. The van der Waals surface area contributed by atoms with Gasteiger partial charge in [0.25, 0.3) is 0 Å². The first kappa shape index (κ1) is 14.4. The first-order chi connectivity index (χ1) is 9.97. The normalized spacial score (nSPS) is 18.9. The van der Waals surface area contributed by atoms with Crippen molar-refractivity contribution in [3.05, 3.63) is 11.9 Å². The largest absolute Gasteiger partial charge is 0.451 e. The zero-order chi connectivity index (χ0) is 15.0. The van der Waals surface area contributed by atoms with Gasteiger partial charge in [-0.15, -0.1) is 0 Å². The smallest absolute Gasteiger partial charge is 0.373 e. The number of nitrogens with zero attached hydrogens (tertiary/aromatic N) is 2. The Morgan fingerprint density at radius 3 is 2.19 bits per heavy atom. The number of nitrogens with one attached hydrogen (secondary N) is 2. The van der Waals surface area contributed by atoms with E-state index in [4.69, 9.17) is 0 Å². The third-order valence-electron chi connectivity index (χ3n) is 4.21. The summed E-state index contributed by atoms with van der Waals surface area (Å²) >= 11 is 0. The maximum Gasteiger partial charge on any atom is 0.451 e. The predicted octanol–water partition coefficient (Wildman–Crippen LogP) is 3.39. The van der Waals surface area contributed by atoms with Crippen LogP contribution in [0.2, 0.25) is 0 Å². The van der Waals surface area contributed by atoms with Crippen molar-refractivity contribution in [2.75, 3.05) is 24.2 Å². The van der Waals surface area contributed by atoms with Gasteiger partial charge in [-0.1, -0.05) is 0 Å². The van der Waals surface area contributed by atoms with Crippen LogP contribution in [0.5, 0.6) is 0 Å². The average Bonchev–Trinajstić information content (AvgIpc) is 3.30. The Morgan fingerprint density at radius 2 is 1.71 bits per heavy atom. The average molecular weight is 300 g/mol. The summed E-state index contributed by atoms with van der Waals surface area (Å²) in [6.07, 6.45) is 0.477. The molecular formula is C14H19F3N4. The van der Waals surface area contributed by atoms with Crippen molar-refractivity contribution in [3.8, 4) is 0 Å². The van der Waals surface area contributed by atoms with E-state index in [2.05, 4.69) is 20.6 Å². The summed E-state index contributed by atoms with van der Waals surface area (Å²) in [7, 11) is 1.55. The van der Waals surface area contributed by atoms with Crippen LogP contribution in [0.3, 0.4) is 0 Å². The topological polar surface area (TPSA) is 49.8 Å². The van der Waals surface area contributed by atoms with Gasteiger partial charge in [-0.3, -0.25) is 0 Å². The van der Waals surface area contributed by atoms with E-state index in [1.165, 1.54) is 31.7 Å². The molecule has 0 atom stereocenters. The lowest BCUT2D eigenvalue weighted by Gasteiger charge is -2.17. The maximum atomic E-state index is 12.8. The molecule has 1 aromatic heterocycles. The second-order valence-corrected chi connectivity index (χ2v) is 5.93. The van der Waals surface area contributed by atoms with Crippen molar-refractivity contribution in [3.63, 3.8) is 0 Å². The molecule has 3 rings (SSSR count). The molecule has 7 heteroatoms. The molecule has 0 saturated heterocycles. The van der Waals surface area contributed by atoms with Crippen molar-refractivity contribution in [2.45, 2.75) is 31.9 Å². The van der Waals surface area contributed by atoms with Gasteiger partial charge in [-0.2, -0.15) is 13.2 Å². The molecule has 2 aliphatic carbocycles. The molecule has 0 bridgehead atoms. The number of rotatable bonds is 6. The summed E-state index contributed by atoms with van der Waals surface area (Å²) < 4.78 is 38.3. The maximum absolute atomic E-state index is 12.8. The third kappa shape index (κ3) is 3.57. The molecule has 4 nitrogen and oxygen atoms in total. The highest BCUT2D eigenvalue weighted by molar-refractivity contribution is 5.47. The van der Waals surface area contributed by atoms with Crippen LogP contribution in [0.4, 0.5) is 24.8 Å². The third-order valence-corrected chi connectivity index (χ3v) is 4.21. The molecule has 0 aliphatic heterocycles. The van der Waals surface area contributed by atoms with Crippen molar-refractivity contribution >= 4 is 11.6 Å². The second-order valence-electron chi connectivity index (χ2n) is 5.93. The van der Waals surface area contributed by atoms with Crippen LogP contribution in [0, 0.1) is 17.8 Å². The minimum atomic E-state index is -4.53. The van der Waals surface area contributed by atoms with Gasteiger partial charge in [-0.05, 0) is 43.4 Å². The molecule has 116 valence electrons. The summed E-state index contributed by atoms with van der Waals surface area (Å²) in [5.74, 6) is 1.39. The molecule has 2 saturated carbocycles. The van der Waals surface area contributed by atoms with Crippen LogP contribution in [0.15, 0.2) is 6.07 Å². The number of halogens is 3. The lowest BCUT2D eigenvalue weighted by Crippen LogP contribution is -2.20. The lowest BCUT2D eigenvalue weighted by molar-refractivity contribution is -0.144. The summed E-state index contributed by atoms with van der Waals surface area (Å²) in [5, 5.41) is 5.73. The number of anilines is 2. The second kappa shape index (κ2) is 5.35. The molecule has 1 heterocycles. The zero-order valence-corrected chi connectivity index (χ0v) is 11.9. The summed E-state index contributed by atoms with van der Waals surface area (Å²) in [4.78, 5) is 7.05. The van der Waals surface area contributed by atoms with E-state index in [1.807, 2.05) is 0 Å². The van der Waals surface area contributed by atoms with Gasteiger partial charge in [0.2, 0.25) is 5.82 Å².